The molecule has 2 aromatic heterocycles. The van der Waals surface area contributed by atoms with Gasteiger partial charge in [0.05, 0.1) is 25.9 Å². The highest BCUT2D eigenvalue weighted by Gasteiger charge is 2.08. The van der Waals surface area contributed by atoms with Gasteiger partial charge in [-0.3, -0.25) is 4.79 Å². The molecule has 3 aromatic rings. The van der Waals surface area contributed by atoms with Crippen LogP contribution in [-0.2, 0) is 29.0 Å². The first kappa shape index (κ1) is 16.1. The first-order valence-corrected chi connectivity index (χ1v) is 9.37. The van der Waals surface area contributed by atoms with Gasteiger partial charge in [-0.25, -0.2) is 9.97 Å². The lowest BCUT2D eigenvalue weighted by Gasteiger charge is -2.02. The van der Waals surface area contributed by atoms with Crippen molar-refractivity contribution >= 4 is 38.9 Å². The van der Waals surface area contributed by atoms with Crippen molar-refractivity contribution in [3.63, 3.8) is 0 Å². The number of hydrogen-bond donors (Lipinski definition) is 0. The van der Waals surface area contributed by atoms with Gasteiger partial charge in [0.25, 0.3) is 0 Å². The molecule has 0 saturated carbocycles. The number of nitrogens with zero attached hydrogens (tertiary/aromatic N) is 2. The van der Waals surface area contributed by atoms with Crippen molar-refractivity contribution < 1.29 is 9.53 Å². The van der Waals surface area contributed by atoms with Crippen LogP contribution in [0.3, 0.4) is 0 Å². The molecule has 6 heteroatoms. The number of ether oxygens (including phenoxy) is 1. The van der Waals surface area contributed by atoms with Crippen LogP contribution in [0.4, 0.5) is 0 Å². The van der Waals surface area contributed by atoms with Crippen molar-refractivity contribution in [1.82, 2.24) is 9.97 Å². The average Bonchev–Trinajstić information content (AvgIpc) is 3.19. The van der Waals surface area contributed by atoms with Crippen molar-refractivity contribution in [3.8, 4) is 0 Å². The zero-order valence-electron chi connectivity index (χ0n) is 12.9. The Balaban J connectivity index is 1.42. The van der Waals surface area contributed by atoms with E-state index in [0.29, 0.717) is 6.42 Å². The molecule has 0 saturated heterocycles. The smallest absolute Gasteiger partial charge is 0.306 e. The van der Waals surface area contributed by atoms with Crippen LogP contribution in [0.15, 0.2) is 29.6 Å². The zero-order chi connectivity index (χ0) is 16.1. The van der Waals surface area contributed by atoms with E-state index in [4.69, 9.17) is 4.74 Å². The number of thiazole rings is 2. The standard InChI is InChI=1S/C17H18N2O2S2/c1-2-15-18-12(11-22-15)10-21-17(20)9-5-8-16-19-13-6-3-4-7-14(13)23-16/h3-4,6-7,11H,2,5,8-10H2,1H3. The third kappa shape index (κ3) is 4.36. The fraction of sp³-hybridized carbons (Fsp3) is 0.353. The third-order valence-corrected chi connectivity index (χ3v) is 5.53. The summed E-state index contributed by atoms with van der Waals surface area (Å²) >= 11 is 3.30. The van der Waals surface area contributed by atoms with Gasteiger partial charge in [0.15, 0.2) is 0 Å². The normalized spacial score (nSPS) is 11.0. The van der Waals surface area contributed by atoms with Gasteiger partial charge in [0.1, 0.15) is 6.61 Å². The Labute approximate surface area is 143 Å². The number of para-hydroxylation sites is 1. The van der Waals surface area contributed by atoms with Crippen molar-refractivity contribution in [1.29, 1.82) is 0 Å². The maximum absolute atomic E-state index is 11.8. The Bertz CT molecular complexity index is 762. The van der Waals surface area contributed by atoms with E-state index in [0.717, 1.165) is 40.5 Å². The number of aryl methyl sites for hydroxylation is 2. The maximum atomic E-state index is 11.8. The molecule has 0 unspecified atom stereocenters. The van der Waals surface area contributed by atoms with Gasteiger partial charge in [0.2, 0.25) is 0 Å². The van der Waals surface area contributed by atoms with Gasteiger partial charge < -0.3 is 4.74 Å². The monoisotopic (exact) mass is 346 g/mol. The van der Waals surface area contributed by atoms with Gasteiger partial charge in [0, 0.05) is 11.8 Å². The number of rotatable bonds is 7. The summed E-state index contributed by atoms with van der Waals surface area (Å²) in [6.45, 7) is 2.34. The summed E-state index contributed by atoms with van der Waals surface area (Å²) in [6.07, 6.45) is 2.91. The molecule has 0 aliphatic heterocycles. The van der Waals surface area contributed by atoms with Crippen LogP contribution in [0.5, 0.6) is 0 Å². The van der Waals surface area contributed by atoms with E-state index in [1.807, 2.05) is 23.6 Å². The Kier molecular flexibility index (Phi) is 5.35. The molecule has 23 heavy (non-hydrogen) atoms. The van der Waals surface area contributed by atoms with Crippen LogP contribution in [0.25, 0.3) is 10.2 Å². The lowest BCUT2D eigenvalue weighted by molar-refractivity contribution is -0.145. The highest BCUT2D eigenvalue weighted by molar-refractivity contribution is 7.18. The summed E-state index contributed by atoms with van der Waals surface area (Å²) < 4.78 is 6.47. The fourth-order valence-corrected chi connectivity index (χ4v) is 3.95. The number of esters is 1. The molecule has 4 nitrogen and oxygen atoms in total. The molecule has 0 radical (unpaired) electrons. The Morgan fingerprint density at radius 1 is 1.22 bits per heavy atom. The van der Waals surface area contributed by atoms with Crippen LogP contribution in [0.1, 0.15) is 35.5 Å². The van der Waals surface area contributed by atoms with E-state index in [1.54, 1.807) is 22.7 Å². The summed E-state index contributed by atoms with van der Waals surface area (Å²) in [4.78, 5) is 20.8. The summed E-state index contributed by atoms with van der Waals surface area (Å²) in [5.41, 5.74) is 1.87. The lowest BCUT2D eigenvalue weighted by Crippen LogP contribution is -2.05. The van der Waals surface area contributed by atoms with Crippen molar-refractivity contribution in [2.24, 2.45) is 0 Å². The quantitative estimate of drug-likeness (QED) is 0.596. The Hall–Kier alpha value is -1.79. The fourth-order valence-electron chi connectivity index (χ4n) is 2.22. The Morgan fingerprint density at radius 3 is 2.87 bits per heavy atom. The largest absolute Gasteiger partial charge is 0.459 e. The van der Waals surface area contributed by atoms with Gasteiger partial charge in [-0.15, -0.1) is 22.7 Å². The summed E-state index contributed by atoms with van der Waals surface area (Å²) in [6, 6.07) is 8.10. The van der Waals surface area contributed by atoms with Gasteiger partial charge >= 0.3 is 5.97 Å². The van der Waals surface area contributed by atoms with E-state index in [-0.39, 0.29) is 12.6 Å². The second kappa shape index (κ2) is 7.66. The molecule has 3 rings (SSSR count). The van der Waals surface area contributed by atoms with E-state index < -0.39 is 0 Å². The number of carbonyl (C=O) groups excluding carboxylic acids is 1. The number of aromatic nitrogens is 2. The molecule has 0 atom stereocenters. The predicted molar refractivity (Wildman–Crippen MR) is 93.8 cm³/mol. The molecule has 120 valence electrons. The second-order valence-corrected chi connectivity index (χ2v) is 7.23. The van der Waals surface area contributed by atoms with Gasteiger partial charge in [-0.2, -0.15) is 0 Å². The lowest BCUT2D eigenvalue weighted by atomic mass is 10.2. The van der Waals surface area contributed by atoms with E-state index in [1.165, 1.54) is 4.70 Å². The summed E-state index contributed by atoms with van der Waals surface area (Å²) in [5, 5.41) is 4.10. The molecule has 1 aromatic carbocycles. The number of hydrogen-bond acceptors (Lipinski definition) is 6. The van der Waals surface area contributed by atoms with Crippen LogP contribution in [0, 0.1) is 0 Å². The molecule has 0 fully saturated rings. The first-order chi connectivity index (χ1) is 11.2. The molecule has 0 amide bonds. The molecule has 0 aliphatic rings. The minimum atomic E-state index is -0.169. The molecule has 0 spiro atoms. The molecule has 0 bridgehead atoms. The first-order valence-electron chi connectivity index (χ1n) is 7.68. The van der Waals surface area contributed by atoms with E-state index >= 15 is 0 Å². The van der Waals surface area contributed by atoms with Gasteiger partial charge in [-0.05, 0) is 31.4 Å². The zero-order valence-corrected chi connectivity index (χ0v) is 14.6. The van der Waals surface area contributed by atoms with Crippen molar-refractivity contribution in [2.75, 3.05) is 0 Å². The van der Waals surface area contributed by atoms with E-state index in [2.05, 4.69) is 23.0 Å². The number of fused-ring (bicyclic) bond motifs is 1. The predicted octanol–water partition coefficient (Wildman–Crippen LogP) is 4.38. The third-order valence-electron chi connectivity index (χ3n) is 3.39. The molecular weight excluding hydrogens is 328 g/mol. The molecular formula is C17H18N2O2S2. The minimum absolute atomic E-state index is 0.169. The van der Waals surface area contributed by atoms with Crippen LogP contribution >= 0.6 is 22.7 Å². The minimum Gasteiger partial charge on any atom is -0.459 e. The van der Waals surface area contributed by atoms with E-state index in [9.17, 15) is 4.79 Å². The number of carbonyl (C=O) groups is 1. The highest BCUT2D eigenvalue weighted by Crippen LogP contribution is 2.22. The molecule has 0 aliphatic carbocycles. The average molecular weight is 346 g/mol. The summed E-state index contributed by atoms with van der Waals surface area (Å²) in [7, 11) is 0. The molecule has 2 heterocycles. The maximum Gasteiger partial charge on any atom is 0.306 e. The van der Waals surface area contributed by atoms with Crippen LogP contribution < -0.4 is 0 Å². The molecule has 0 N–H and O–H groups in total. The topological polar surface area (TPSA) is 52.1 Å². The van der Waals surface area contributed by atoms with Crippen molar-refractivity contribution in [2.45, 2.75) is 39.2 Å². The van der Waals surface area contributed by atoms with Crippen LogP contribution in [0.2, 0.25) is 0 Å². The number of benzene rings is 1. The second-order valence-electron chi connectivity index (χ2n) is 5.18. The SMILES string of the molecule is CCc1nc(COC(=O)CCCc2nc3ccccc3s2)cs1. The van der Waals surface area contributed by atoms with Crippen LogP contribution in [-0.4, -0.2) is 15.9 Å². The Morgan fingerprint density at radius 2 is 2.09 bits per heavy atom. The van der Waals surface area contributed by atoms with Gasteiger partial charge in [-0.1, -0.05) is 19.1 Å². The highest BCUT2D eigenvalue weighted by atomic mass is 32.1. The van der Waals surface area contributed by atoms with Crippen molar-refractivity contribution in [3.05, 3.63) is 45.4 Å². The summed E-state index contributed by atoms with van der Waals surface area (Å²) in [5.74, 6) is -0.169.